The molecule has 0 bridgehead atoms. The quantitative estimate of drug-likeness (QED) is 0.600. The summed E-state index contributed by atoms with van der Waals surface area (Å²) in [6.07, 6.45) is 0.984. The first-order valence-electron chi connectivity index (χ1n) is 7.20. The number of carbonyl (C=O) groups excluding carboxylic acids is 1. The van der Waals surface area contributed by atoms with Crippen LogP contribution in [0.3, 0.4) is 0 Å². The van der Waals surface area contributed by atoms with E-state index in [1.54, 1.807) is 24.3 Å². The molecule has 0 aromatic heterocycles. The molecule has 1 aliphatic rings. The van der Waals surface area contributed by atoms with E-state index in [1.165, 1.54) is 0 Å². The molecule has 1 saturated heterocycles. The molecule has 1 aliphatic heterocycles. The Morgan fingerprint density at radius 3 is 2.43 bits per heavy atom. The minimum absolute atomic E-state index is 0. The standard InChI is InChI=1S/C15H24N4O.3ClH/c1-18-8-10-19(11-9-18)7-3-6-17-15(20)13-4-2-5-14(16)12-13;;;/h2,4-5,12H,3,6-11,16H2,1H3,(H,17,20);3*1H. The molecule has 1 amide bonds. The maximum absolute atomic E-state index is 11.9. The molecule has 0 spiro atoms. The number of nitrogens with zero attached hydrogens (tertiary/aromatic N) is 2. The molecule has 1 aromatic carbocycles. The van der Waals surface area contributed by atoms with Crippen LogP contribution in [-0.4, -0.2) is 62.0 Å². The lowest BCUT2D eigenvalue weighted by molar-refractivity contribution is 0.0949. The van der Waals surface area contributed by atoms with E-state index in [1.807, 2.05) is 0 Å². The minimum atomic E-state index is -0.0457. The van der Waals surface area contributed by atoms with Crippen LogP contribution in [0, 0.1) is 0 Å². The third-order valence-corrected chi connectivity index (χ3v) is 3.68. The molecule has 0 aliphatic carbocycles. The number of likely N-dealkylation sites (N-methyl/N-ethyl adjacent to an activating group) is 1. The zero-order chi connectivity index (χ0) is 14.4. The van der Waals surface area contributed by atoms with Crippen LogP contribution in [0.2, 0.25) is 0 Å². The van der Waals surface area contributed by atoms with Gasteiger partial charge < -0.3 is 20.9 Å². The summed E-state index contributed by atoms with van der Waals surface area (Å²) in [6.45, 7) is 6.27. The highest BCUT2D eigenvalue weighted by molar-refractivity contribution is 5.94. The molecule has 0 unspecified atom stereocenters. The number of anilines is 1. The smallest absolute Gasteiger partial charge is 0.251 e. The van der Waals surface area contributed by atoms with Crippen molar-refractivity contribution in [3.8, 4) is 0 Å². The topological polar surface area (TPSA) is 61.6 Å². The predicted molar refractivity (Wildman–Crippen MR) is 103 cm³/mol. The van der Waals surface area contributed by atoms with E-state index in [0.717, 1.165) is 39.1 Å². The fourth-order valence-electron chi connectivity index (χ4n) is 2.36. The summed E-state index contributed by atoms with van der Waals surface area (Å²) in [5.74, 6) is -0.0457. The zero-order valence-electron chi connectivity index (χ0n) is 13.4. The van der Waals surface area contributed by atoms with Gasteiger partial charge in [0, 0.05) is 44.0 Å². The largest absolute Gasteiger partial charge is 0.399 e. The first kappa shape index (κ1) is 24.5. The number of nitrogens with one attached hydrogen (secondary N) is 1. The molecule has 0 radical (unpaired) electrons. The number of piperazine rings is 1. The normalized spacial score (nSPS) is 14.8. The van der Waals surface area contributed by atoms with Crippen molar-refractivity contribution in [3.05, 3.63) is 29.8 Å². The van der Waals surface area contributed by atoms with Crippen LogP contribution in [0.1, 0.15) is 16.8 Å². The van der Waals surface area contributed by atoms with Crippen molar-refractivity contribution >= 4 is 48.8 Å². The van der Waals surface area contributed by atoms with E-state index in [0.29, 0.717) is 17.8 Å². The van der Waals surface area contributed by atoms with Gasteiger partial charge in [0.25, 0.3) is 5.91 Å². The lowest BCUT2D eigenvalue weighted by atomic mass is 10.2. The second-order valence-corrected chi connectivity index (χ2v) is 5.38. The minimum Gasteiger partial charge on any atom is -0.399 e. The number of hydrogen-bond donors (Lipinski definition) is 2. The number of amides is 1. The Balaban J connectivity index is 0. The summed E-state index contributed by atoms with van der Waals surface area (Å²) in [4.78, 5) is 16.7. The van der Waals surface area contributed by atoms with Crippen LogP contribution < -0.4 is 11.1 Å². The van der Waals surface area contributed by atoms with Gasteiger partial charge in [-0.25, -0.2) is 0 Å². The molecule has 8 heteroatoms. The summed E-state index contributed by atoms with van der Waals surface area (Å²) >= 11 is 0. The average Bonchev–Trinajstić information content (AvgIpc) is 2.45. The molecule has 3 N–H and O–H groups in total. The van der Waals surface area contributed by atoms with Crippen LogP contribution in [0.5, 0.6) is 0 Å². The fourth-order valence-corrected chi connectivity index (χ4v) is 2.36. The highest BCUT2D eigenvalue weighted by Crippen LogP contribution is 2.06. The van der Waals surface area contributed by atoms with Crippen LogP contribution >= 0.6 is 37.2 Å². The molecular weight excluding hydrogens is 359 g/mol. The molecular formula is C15H27Cl3N4O. The molecule has 1 heterocycles. The summed E-state index contributed by atoms with van der Waals surface area (Å²) in [5.41, 5.74) is 6.92. The van der Waals surface area contributed by atoms with Gasteiger partial charge in [-0.05, 0) is 38.2 Å². The van der Waals surface area contributed by atoms with Gasteiger partial charge >= 0.3 is 0 Å². The Bertz CT molecular complexity index is 454. The number of carbonyl (C=O) groups is 1. The van der Waals surface area contributed by atoms with E-state index in [-0.39, 0.29) is 43.1 Å². The van der Waals surface area contributed by atoms with Gasteiger partial charge in [0.15, 0.2) is 0 Å². The van der Waals surface area contributed by atoms with Crippen molar-refractivity contribution in [2.75, 3.05) is 52.0 Å². The fraction of sp³-hybridized carbons (Fsp3) is 0.533. The number of hydrogen-bond acceptors (Lipinski definition) is 4. The second-order valence-electron chi connectivity index (χ2n) is 5.38. The molecule has 5 nitrogen and oxygen atoms in total. The number of nitrogen functional groups attached to an aromatic ring is 1. The van der Waals surface area contributed by atoms with Crippen molar-refractivity contribution in [2.45, 2.75) is 6.42 Å². The SMILES string of the molecule is CN1CCN(CCCNC(=O)c2cccc(N)c2)CC1.Cl.Cl.Cl. The first-order chi connectivity index (χ1) is 9.65. The Hall–Kier alpha value is -0.720. The van der Waals surface area contributed by atoms with Crippen molar-refractivity contribution in [3.63, 3.8) is 0 Å². The molecule has 134 valence electrons. The monoisotopic (exact) mass is 384 g/mol. The number of benzene rings is 1. The predicted octanol–water partition coefficient (Wildman–Crippen LogP) is 1.90. The van der Waals surface area contributed by atoms with Gasteiger partial charge in [-0.3, -0.25) is 4.79 Å². The Kier molecular flexibility index (Phi) is 13.5. The van der Waals surface area contributed by atoms with Gasteiger partial charge in [0.2, 0.25) is 0 Å². The number of rotatable bonds is 5. The van der Waals surface area contributed by atoms with Gasteiger partial charge in [0.05, 0.1) is 0 Å². The third kappa shape index (κ3) is 8.63. The lowest BCUT2D eigenvalue weighted by Crippen LogP contribution is -2.45. The van der Waals surface area contributed by atoms with Crippen LogP contribution in [0.25, 0.3) is 0 Å². The summed E-state index contributed by atoms with van der Waals surface area (Å²) in [6, 6.07) is 7.07. The summed E-state index contributed by atoms with van der Waals surface area (Å²) in [5, 5.41) is 2.94. The highest BCUT2D eigenvalue weighted by Gasteiger charge is 2.13. The van der Waals surface area contributed by atoms with Gasteiger partial charge in [-0.2, -0.15) is 0 Å². The lowest BCUT2D eigenvalue weighted by Gasteiger charge is -2.32. The Morgan fingerprint density at radius 1 is 1.17 bits per heavy atom. The van der Waals surface area contributed by atoms with Crippen LogP contribution in [0.15, 0.2) is 24.3 Å². The third-order valence-electron chi connectivity index (χ3n) is 3.68. The Labute approximate surface area is 157 Å². The molecule has 2 rings (SSSR count). The molecule has 0 saturated carbocycles. The van der Waals surface area contributed by atoms with Gasteiger partial charge in [0.1, 0.15) is 0 Å². The van der Waals surface area contributed by atoms with E-state index in [9.17, 15) is 4.79 Å². The maximum atomic E-state index is 11.9. The molecule has 0 atom stereocenters. The van der Waals surface area contributed by atoms with E-state index in [4.69, 9.17) is 5.73 Å². The Morgan fingerprint density at radius 2 is 1.83 bits per heavy atom. The van der Waals surface area contributed by atoms with Crippen LogP contribution in [0.4, 0.5) is 5.69 Å². The summed E-state index contributed by atoms with van der Waals surface area (Å²) in [7, 11) is 2.16. The molecule has 1 fully saturated rings. The van der Waals surface area contributed by atoms with Gasteiger partial charge in [-0.15, -0.1) is 37.2 Å². The average molecular weight is 386 g/mol. The van der Waals surface area contributed by atoms with Crippen molar-refractivity contribution in [2.24, 2.45) is 0 Å². The zero-order valence-corrected chi connectivity index (χ0v) is 15.8. The molecule has 1 aromatic rings. The highest BCUT2D eigenvalue weighted by atomic mass is 35.5. The maximum Gasteiger partial charge on any atom is 0.251 e. The number of nitrogens with two attached hydrogens (primary N) is 1. The van der Waals surface area contributed by atoms with E-state index < -0.39 is 0 Å². The second kappa shape index (κ2) is 12.7. The molecule has 23 heavy (non-hydrogen) atoms. The van der Waals surface area contributed by atoms with E-state index in [2.05, 4.69) is 22.2 Å². The van der Waals surface area contributed by atoms with Gasteiger partial charge in [-0.1, -0.05) is 6.07 Å². The van der Waals surface area contributed by atoms with Crippen molar-refractivity contribution in [1.29, 1.82) is 0 Å². The van der Waals surface area contributed by atoms with Crippen molar-refractivity contribution in [1.82, 2.24) is 15.1 Å². The first-order valence-corrected chi connectivity index (χ1v) is 7.20. The van der Waals surface area contributed by atoms with E-state index >= 15 is 0 Å². The number of halogens is 3. The van der Waals surface area contributed by atoms with Crippen molar-refractivity contribution < 1.29 is 4.79 Å². The summed E-state index contributed by atoms with van der Waals surface area (Å²) < 4.78 is 0. The van der Waals surface area contributed by atoms with Crippen LogP contribution in [-0.2, 0) is 0 Å².